The van der Waals surface area contributed by atoms with E-state index in [4.69, 9.17) is 0 Å². The van der Waals surface area contributed by atoms with E-state index in [9.17, 15) is 9.59 Å². The maximum absolute atomic E-state index is 10.8. The zero-order valence-corrected chi connectivity index (χ0v) is 7.97. The average Bonchev–Trinajstić information content (AvgIpc) is 2.26. The molecule has 0 aliphatic heterocycles. The Morgan fingerprint density at radius 1 is 1.64 bits per heavy atom. The SMILES string of the molecule is COC(=O)/C=C/C1CC=CC=C1C=O. The van der Waals surface area contributed by atoms with Gasteiger partial charge in [-0.2, -0.15) is 0 Å². The van der Waals surface area contributed by atoms with Gasteiger partial charge in [-0.1, -0.05) is 24.3 Å². The number of carbonyl (C=O) groups excluding carboxylic acids is 2. The average molecular weight is 192 g/mol. The van der Waals surface area contributed by atoms with E-state index in [-0.39, 0.29) is 5.92 Å². The number of ether oxygens (including phenoxy) is 1. The molecule has 0 aromatic rings. The summed E-state index contributed by atoms with van der Waals surface area (Å²) in [6.45, 7) is 0. The van der Waals surface area contributed by atoms with Crippen LogP contribution in [0, 0.1) is 5.92 Å². The Kier molecular flexibility index (Phi) is 3.85. The molecule has 1 unspecified atom stereocenters. The summed E-state index contributed by atoms with van der Waals surface area (Å²) >= 11 is 0. The van der Waals surface area contributed by atoms with Crippen molar-refractivity contribution in [2.45, 2.75) is 6.42 Å². The number of methoxy groups -OCH3 is 1. The molecule has 14 heavy (non-hydrogen) atoms. The second kappa shape index (κ2) is 5.17. The van der Waals surface area contributed by atoms with Crippen molar-refractivity contribution in [3.8, 4) is 0 Å². The lowest BCUT2D eigenvalue weighted by atomic mass is 9.92. The fraction of sp³-hybridized carbons (Fsp3) is 0.273. The van der Waals surface area contributed by atoms with Crippen LogP contribution >= 0.6 is 0 Å². The van der Waals surface area contributed by atoms with Crippen LogP contribution in [0.3, 0.4) is 0 Å². The first kappa shape index (κ1) is 10.4. The Bertz CT molecular complexity index is 310. The third-order valence-corrected chi connectivity index (χ3v) is 2.04. The molecule has 0 aromatic heterocycles. The Balaban J connectivity index is 2.65. The number of hydrogen-bond donors (Lipinski definition) is 0. The van der Waals surface area contributed by atoms with Gasteiger partial charge in [-0.3, -0.25) is 4.79 Å². The number of esters is 1. The molecule has 0 aromatic carbocycles. The van der Waals surface area contributed by atoms with Crippen LogP contribution in [-0.4, -0.2) is 19.4 Å². The molecule has 0 fully saturated rings. The zero-order valence-electron chi connectivity index (χ0n) is 7.97. The van der Waals surface area contributed by atoms with Crippen LogP contribution in [0.4, 0.5) is 0 Å². The molecule has 3 nitrogen and oxygen atoms in total. The lowest BCUT2D eigenvalue weighted by Gasteiger charge is -2.12. The van der Waals surface area contributed by atoms with E-state index in [1.165, 1.54) is 13.2 Å². The largest absolute Gasteiger partial charge is 0.466 e. The van der Waals surface area contributed by atoms with Crippen molar-refractivity contribution in [1.82, 2.24) is 0 Å². The van der Waals surface area contributed by atoms with Crippen LogP contribution in [-0.2, 0) is 14.3 Å². The summed E-state index contributed by atoms with van der Waals surface area (Å²) < 4.78 is 4.46. The van der Waals surface area contributed by atoms with Crippen LogP contribution in [0.15, 0.2) is 36.0 Å². The summed E-state index contributed by atoms with van der Waals surface area (Å²) in [5, 5.41) is 0. The van der Waals surface area contributed by atoms with Crippen molar-refractivity contribution in [3.05, 3.63) is 36.0 Å². The second-order valence-corrected chi connectivity index (χ2v) is 2.94. The highest BCUT2D eigenvalue weighted by atomic mass is 16.5. The Labute approximate surface area is 82.8 Å². The molecular formula is C11H12O3. The molecule has 1 rings (SSSR count). The summed E-state index contributed by atoms with van der Waals surface area (Å²) in [7, 11) is 1.32. The van der Waals surface area contributed by atoms with Gasteiger partial charge in [0.1, 0.15) is 6.29 Å². The van der Waals surface area contributed by atoms with E-state index in [2.05, 4.69) is 4.74 Å². The Hall–Kier alpha value is -1.64. The zero-order chi connectivity index (χ0) is 10.4. The van der Waals surface area contributed by atoms with Gasteiger partial charge < -0.3 is 4.74 Å². The molecule has 0 spiro atoms. The standard InChI is InChI=1S/C11H12O3/c1-14-11(13)7-6-9-4-2-3-5-10(9)8-12/h2-3,5-9H,4H2,1H3/b7-6+. The smallest absolute Gasteiger partial charge is 0.330 e. The Morgan fingerprint density at radius 2 is 2.43 bits per heavy atom. The summed E-state index contributed by atoms with van der Waals surface area (Å²) in [6, 6.07) is 0. The van der Waals surface area contributed by atoms with Crippen molar-refractivity contribution in [1.29, 1.82) is 0 Å². The van der Waals surface area contributed by atoms with Crippen LogP contribution in [0.25, 0.3) is 0 Å². The summed E-state index contributed by atoms with van der Waals surface area (Å²) in [6.07, 6.45) is 10.2. The quantitative estimate of drug-likeness (QED) is 0.386. The molecule has 0 amide bonds. The number of rotatable bonds is 3. The van der Waals surface area contributed by atoms with Crippen LogP contribution in [0.5, 0.6) is 0 Å². The van der Waals surface area contributed by atoms with Gasteiger partial charge in [0, 0.05) is 12.0 Å². The van der Waals surface area contributed by atoms with Gasteiger partial charge in [-0.25, -0.2) is 4.79 Å². The monoisotopic (exact) mass is 192 g/mol. The minimum atomic E-state index is -0.398. The molecule has 0 saturated carbocycles. The predicted molar refractivity (Wildman–Crippen MR) is 52.6 cm³/mol. The minimum Gasteiger partial charge on any atom is -0.466 e. The highest BCUT2D eigenvalue weighted by molar-refractivity contribution is 5.82. The third kappa shape index (κ3) is 2.69. The number of hydrogen-bond acceptors (Lipinski definition) is 3. The summed E-state index contributed by atoms with van der Waals surface area (Å²) in [4.78, 5) is 21.4. The van der Waals surface area contributed by atoms with Crippen LogP contribution in [0.1, 0.15) is 6.42 Å². The first-order valence-electron chi connectivity index (χ1n) is 4.36. The maximum atomic E-state index is 10.8. The molecule has 0 bridgehead atoms. The van der Waals surface area contributed by atoms with E-state index in [1.807, 2.05) is 12.2 Å². The lowest BCUT2D eigenvalue weighted by molar-refractivity contribution is -0.134. The van der Waals surface area contributed by atoms with E-state index in [0.717, 1.165) is 12.7 Å². The first-order valence-corrected chi connectivity index (χ1v) is 4.36. The van der Waals surface area contributed by atoms with Crippen molar-refractivity contribution in [2.24, 2.45) is 5.92 Å². The maximum Gasteiger partial charge on any atom is 0.330 e. The lowest BCUT2D eigenvalue weighted by Crippen LogP contribution is -2.05. The van der Waals surface area contributed by atoms with E-state index in [0.29, 0.717) is 5.57 Å². The molecule has 0 radical (unpaired) electrons. The Morgan fingerprint density at radius 3 is 3.07 bits per heavy atom. The van der Waals surface area contributed by atoms with Gasteiger partial charge >= 0.3 is 5.97 Å². The predicted octanol–water partition coefficient (Wildman–Crippen LogP) is 1.42. The van der Waals surface area contributed by atoms with E-state index in [1.54, 1.807) is 12.2 Å². The van der Waals surface area contributed by atoms with Crippen molar-refractivity contribution in [3.63, 3.8) is 0 Å². The molecule has 74 valence electrons. The fourth-order valence-electron chi connectivity index (χ4n) is 1.24. The minimum absolute atomic E-state index is 0.00315. The molecule has 1 atom stereocenters. The van der Waals surface area contributed by atoms with Gasteiger partial charge in [-0.05, 0) is 12.0 Å². The van der Waals surface area contributed by atoms with Crippen molar-refractivity contribution < 1.29 is 14.3 Å². The molecular weight excluding hydrogens is 180 g/mol. The summed E-state index contributed by atoms with van der Waals surface area (Å²) in [5.41, 5.74) is 0.688. The highest BCUT2D eigenvalue weighted by Gasteiger charge is 2.11. The van der Waals surface area contributed by atoms with Gasteiger partial charge in [0.2, 0.25) is 0 Å². The highest BCUT2D eigenvalue weighted by Crippen LogP contribution is 2.19. The molecule has 1 aliphatic carbocycles. The second-order valence-electron chi connectivity index (χ2n) is 2.94. The molecule has 1 aliphatic rings. The van der Waals surface area contributed by atoms with Crippen molar-refractivity contribution in [2.75, 3.05) is 7.11 Å². The van der Waals surface area contributed by atoms with Gasteiger partial charge in [-0.15, -0.1) is 0 Å². The number of carbonyl (C=O) groups is 2. The first-order chi connectivity index (χ1) is 6.77. The number of aldehydes is 1. The topological polar surface area (TPSA) is 43.4 Å². The molecule has 0 saturated heterocycles. The molecule has 3 heteroatoms. The van der Waals surface area contributed by atoms with Gasteiger partial charge in [0.05, 0.1) is 7.11 Å². The van der Waals surface area contributed by atoms with Crippen LogP contribution in [0.2, 0.25) is 0 Å². The van der Waals surface area contributed by atoms with Gasteiger partial charge in [0.15, 0.2) is 0 Å². The third-order valence-electron chi connectivity index (χ3n) is 2.04. The van der Waals surface area contributed by atoms with E-state index >= 15 is 0 Å². The van der Waals surface area contributed by atoms with Gasteiger partial charge in [0.25, 0.3) is 0 Å². The fourth-order valence-corrected chi connectivity index (χ4v) is 1.24. The molecule has 0 heterocycles. The molecule has 0 N–H and O–H groups in total. The normalized spacial score (nSPS) is 20.6. The summed E-state index contributed by atoms with van der Waals surface area (Å²) in [5.74, 6) is -0.401. The van der Waals surface area contributed by atoms with Crippen LogP contribution < -0.4 is 0 Å². The van der Waals surface area contributed by atoms with Crippen molar-refractivity contribution >= 4 is 12.3 Å². The van der Waals surface area contributed by atoms with E-state index < -0.39 is 5.97 Å². The number of allylic oxidation sites excluding steroid dienone is 5.